The number of pyridine rings is 1. The third kappa shape index (κ3) is 4.98. The second-order valence-corrected chi connectivity index (χ2v) is 8.09. The quantitative estimate of drug-likeness (QED) is 0.479. The number of imidazole rings is 1. The molecule has 1 aliphatic heterocycles. The minimum Gasteiger partial charge on any atom is -0.481 e. The first kappa shape index (κ1) is 22.3. The van der Waals surface area contributed by atoms with Gasteiger partial charge in [-0.1, -0.05) is 43.7 Å². The molecule has 7 heteroatoms. The lowest BCUT2D eigenvalue weighted by Crippen LogP contribution is -2.39. The van der Waals surface area contributed by atoms with Gasteiger partial charge in [0.05, 0.1) is 30.3 Å². The van der Waals surface area contributed by atoms with E-state index in [0.29, 0.717) is 18.1 Å². The number of hydrogen-bond donors (Lipinski definition) is 1. The number of nitrogens with zero attached hydrogens (tertiary/aromatic N) is 4. The Morgan fingerprint density at radius 2 is 2.12 bits per heavy atom. The second kappa shape index (κ2) is 9.73. The number of amides is 1. The van der Waals surface area contributed by atoms with Gasteiger partial charge in [-0.15, -0.1) is 0 Å². The minimum absolute atomic E-state index is 0.0128. The highest BCUT2D eigenvalue weighted by Gasteiger charge is 2.26. The van der Waals surface area contributed by atoms with Crippen LogP contribution in [0.2, 0.25) is 0 Å². The summed E-state index contributed by atoms with van der Waals surface area (Å²) in [4.78, 5) is 23.2. The number of anilines is 3. The van der Waals surface area contributed by atoms with Crippen LogP contribution < -0.4 is 15.0 Å². The van der Waals surface area contributed by atoms with Crippen molar-refractivity contribution in [2.24, 2.45) is 7.05 Å². The molecule has 2 aromatic heterocycles. The molecule has 170 valence electrons. The van der Waals surface area contributed by atoms with Crippen LogP contribution >= 0.6 is 0 Å². The fraction of sp³-hybridized carbons (Fsp3) is 0.269. The van der Waals surface area contributed by atoms with Crippen molar-refractivity contribution in [1.29, 1.82) is 0 Å². The standard InChI is InChI=1S/C26H29N5O2/c1-5-7-18(3)8-9-19(6-2)15-31-22-11-10-20(12-24(22)33-16-26(31)32)29-25-13-23-21(14-27-25)28-17-30(23)4/h6,8-14,17H,3,5,7,15-16H2,1-2,4H3,(H,27,29). The molecule has 0 radical (unpaired) electrons. The van der Waals surface area contributed by atoms with E-state index in [9.17, 15) is 4.79 Å². The number of aromatic nitrogens is 3. The Morgan fingerprint density at radius 1 is 1.27 bits per heavy atom. The van der Waals surface area contributed by atoms with E-state index in [0.717, 1.165) is 46.4 Å². The summed E-state index contributed by atoms with van der Waals surface area (Å²) >= 11 is 0. The van der Waals surface area contributed by atoms with E-state index in [1.165, 1.54) is 0 Å². The molecule has 3 heterocycles. The summed E-state index contributed by atoms with van der Waals surface area (Å²) in [5, 5.41) is 3.32. The van der Waals surface area contributed by atoms with E-state index in [-0.39, 0.29) is 12.5 Å². The van der Waals surface area contributed by atoms with Crippen LogP contribution in [0, 0.1) is 0 Å². The lowest BCUT2D eigenvalue weighted by atomic mass is 10.1. The smallest absolute Gasteiger partial charge is 0.265 e. The topological polar surface area (TPSA) is 72.3 Å². The number of carbonyl (C=O) groups excluding carboxylic acids is 1. The number of benzene rings is 1. The van der Waals surface area contributed by atoms with E-state index in [2.05, 4.69) is 28.8 Å². The molecule has 0 unspecified atom stereocenters. The fourth-order valence-electron chi connectivity index (χ4n) is 3.75. The predicted octanol–water partition coefficient (Wildman–Crippen LogP) is 5.30. The third-order valence-corrected chi connectivity index (χ3v) is 5.60. The van der Waals surface area contributed by atoms with Gasteiger partial charge in [0.1, 0.15) is 17.1 Å². The number of nitrogens with one attached hydrogen (secondary N) is 1. The van der Waals surface area contributed by atoms with Gasteiger partial charge in [0.15, 0.2) is 6.61 Å². The normalized spacial score (nSPS) is 14.0. The maximum atomic E-state index is 12.7. The third-order valence-electron chi connectivity index (χ3n) is 5.60. The van der Waals surface area contributed by atoms with E-state index in [4.69, 9.17) is 4.74 Å². The van der Waals surface area contributed by atoms with Gasteiger partial charge < -0.3 is 19.5 Å². The monoisotopic (exact) mass is 443 g/mol. The van der Waals surface area contributed by atoms with Crippen molar-refractivity contribution in [3.63, 3.8) is 0 Å². The number of aryl methyl sites for hydroxylation is 1. The summed E-state index contributed by atoms with van der Waals surface area (Å²) in [6.45, 7) is 8.69. The highest BCUT2D eigenvalue weighted by Crippen LogP contribution is 2.36. The molecule has 1 N–H and O–H groups in total. The highest BCUT2D eigenvalue weighted by molar-refractivity contribution is 5.98. The van der Waals surface area contributed by atoms with Crippen molar-refractivity contribution in [3.05, 3.63) is 72.7 Å². The molecule has 0 aliphatic carbocycles. The molecular formula is C26H29N5O2. The van der Waals surface area contributed by atoms with E-state index < -0.39 is 0 Å². The van der Waals surface area contributed by atoms with E-state index >= 15 is 0 Å². The number of ether oxygens (including phenoxy) is 1. The molecule has 3 aromatic rings. The Morgan fingerprint density at radius 3 is 2.91 bits per heavy atom. The second-order valence-electron chi connectivity index (χ2n) is 8.09. The van der Waals surface area contributed by atoms with Crippen LogP contribution in [0.25, 0.3) is 11.0 Å². The number of fused-ring (bicyclic) bond motifs is 2. The first-order valence-electron chi connectivity index (χ1n) is 11.1. The summed E-state index contributed by atoms with van der Waals surface area (Å²) in [5.74, 6) is 1.31. The van der Waals surface area contributed by atoms with Crippen LogP contribution in [-0.2, 0) is 11.8 Å². The van der Waals surface area contributed by atoms with Gasteiger partial charge in [-0.3, -0.25) is 4.79 Å². The predicted molar refractivity (Wildman–Crippen MR) is 133 cm³/mol. The van der Waals surface area contributed by atoms with Gasteiger partial charge in [0, 0.05) is 24.9 Å². The van der Waals surface area contributed by atoms with Crippen LogP contribution in [0.1, 0.15) is 26.7 Å². The fourth-order valence-corrected chi connectivity index (χ4v) is 3.75. The summed E-state index contributed by atoms with van der Waals surface area (Å²) in [6, 6.07) is 7.69. The van der Waals surface area contributed by atoms with E-state index in [1.54, 1.807) is 17.4 Å². The van der Waals surface area contributed by atoms with Gasteiger partial charge in [-0.2, -0.15) is 0 Å². The Kier molecular flexibility index (Phi) is 6.58. The van der Waals surface area contributed by atoms with Crippen molar-refractivity contribution in [3.8, 4) is 5.75 Å². The molecule has 0 saturated carbocycles. The molecule has 0 fully saturated rings. The van der Waals surface area contributed by atoms with Gasteiger partial charge in [0.25, 0.3) is 5.91 Å². The van der Waals surface area contributed by atoms with Crippen molar-refractivity contribution in [2.75, 3.05) is 23.4 Å². The lowest BCUT2D eigenvalue weighted by Gasteiger charge is -2.30. The van der Waals surface area contributed by atoms with Crippen molar-refractivity contribution in [2.45, 2.75) is 26.7 Å². The number of hydrogen-bond acceptors (Lipinski definition) is 5. The van der Waals surface area contributed by atoms with Crippen molar-refractivity contribution >= 4 is 34.1 Å². The first-order valence-corrected chi connectivity index (χ1v) is 11.1. The maximum absolute atomic E-state index is 12.7. The van der Waals surface area contributed by atoms with Crippen LogP contribution in [0.4, 0.5) is 17.2 Å². The average Bonchev–Trinajstić information content (AvgIpc) is 3.18. The zero-order valence-corrected chi connectivity index (χ0v) is 19.3. The van der Waals surface area contributed by atoms with Crippen LogP contribution in [0.3, 0.4) is 0 Å². The minimum atomic E-state index is -0.0633. The SMILES string of the molecule is C=C(C=CC(=CC)CN1C(=O)COc2cc(Nc3cc4c(cn3)ncn4C)ccc21)CCC. The Labute approximate surface area is 194 Å². The zero-order chi connectivity index (χ0) is 23.4. The molecular weight excluding hydrogens is 414 g/mol. The molecule has 0 spiro atoms. The molecule has 0 bridgehead atoms. The first-order chi connectivity index (χ1) is 16.0. The van der Waals surface area contributed by atoms with Gasteiger partial charge in [-0.05, 0) is 31.1 Å². The van der Waals surface area contributed by atoms with Crippen LogP contribution in [0.15, 0.2) is 72.7 Å². The van der Waals surface area contributed by atoms with Crippen LogP contribution in [-0.4, -0.2) is 33.6 Å². The number of carbonyl (C=O) groups is 1. The maximum Gasteiger partial charge on any atom is 0.265 e. The molecule has 4 rings (SSSR count). The molecule has 1 aliphatic rings. The summed E-state index contributed by atoms with van der Waals surface area (Å²) < 4.78 is 7.70. The molecule has 0 atom stereocenters. The van der Waals surface area contributed by atoms with Crippen molar-refractivity contribution in [1.82, 2.24) is 14.5 Å². The molecule has 1 amide bonds. The molecule has 33 heavy (non-hydrogen) atoms. The Bertz CT molecular complexity index is 1250. The number of allylic oxidation sites excluding steroid dienone is 3. The van der Waals surface area contributed by atoms with Gasteiger partial charge >= 0.3 is 0 Å². The number of rotatable bonds is 8. The molecule has 1 aromatic carbocycles. The summed E-state index contributed by atoms with van der Waals surface area (Å²) in [5.41, 5.74) is 5.56. The summed E-state index contributed by atoms with van der Waals surface area (Å²) in [6.07, 6.45) is 11.6. The highest BCUT2D eigenvalue weighted by atomic mass is 16.5. The Balaban J connectivity index is 1.53. The van der Waals surface area contributed by atoms with Gasteiger partial charge in [-0.25, -0.2) is 9.97 Å². The zero-order valence-electron chi connectivity index (χ0n) is 19.3. The van der Waals surface area contributed by atoms with Crippen molar-refractivity contribution < 1.29 is 9.53 Å². The summed E-state index contributed by atoms with van der Waals surface area (Å²) in [7, 11) is 1.95. The van der Waals surface area contributed by atoms with Crippen LogP contribution in [0.5, 0.6) is 5.75 Å². The lowest BCUT2D eigenvalue weighted by molar-refractivity contribution is -0.121. The Hall–Kier alpha value is -3.87. The average molecular weight is 444 g/mol. The molecule has 7 nitrogen and oxygen atoms in total. The molecule has 0 saturated heterocycles. The van der Waals surface area contributed by atoms with Gasteiger partial charge in [0.2, 0.25) is 0 Å². The van der Waals surface area contributed by atoms with E-state index in [1.807, 2.05) is 61.0 Å². The largest absolute Gasteiger partial charge is 0.481 e.